The Balaban J connectivity index is 1.40. The Morgan fingerprint density at radius 2 is 2.06 bits per heavy atom. The van der Waals surface area contributed by atoms with Gasteiger partial charge in [0, 0.05) is 31.5 Å². The maximum Gasteiger partial charge on any atom is 0.268 e. The minimum absolute atomic E-state index is 0.190. The Kier molecular flexibility index (Phi) is 5.13. The molecule has 0 atom stereocenters. The second-order valence-electron chi connectivity index (χ2n) is 8.85. The molecule has 2 aromatic heterocycles. The van der Waals surface area contributed by atoms with Gasteiger partial charge in [-0.05, 0) is 57.2 Å². The number of anilines is 4. The predicted molar refractivity (Wildman–Crippen MR) is 122 cm³/mol. The summed E-state index contributed by atoms with van der Waals surface area (Å²) in [6.45, 7) is 5.42. The maximum absolute atomic E-state index is 12.2. The van der Waals surface area contributed by atoms with Crippen molar-refractivity contribution >= 4 is 40.1 Å². The average Bonchev–Trinajstić information content (AvgIpc) is 3.24. The molecule has 1 fully saturated rings. The van der Waals surface area contributed by atoms with Gasteiger partial charge in [0.15, 0.2) is 17.0 Å². The summed E-state index contributed by atoms with van der Waals surface area (Å²) in [7, 11) is 0. The van der Waals surface area contributed by atoms with Crippen molar-refractivity contribution in [1.82, 2.24) is 9.97 Å². The third-order valence-electron chi connectivity index (χ3n) is 6.13. The molecule has 5 rings (SSSR count). The van der Waals surface area contributed by atoms with Crippen LogP contribution in [0, 0.1) is 5.92 Å². The number of nitrogens with zero attached hydrogens (tertiary/aromatic N) is 3. The van der Waals surface area contributed by atoms with Crippen LogP contribution in [0.25, 0.3) is 11.1 Å². The quantitative estimate of drug-likeness (QED) is 0.554. The molecule has 0 unspecified atom stereocenters. The van der Waals surface area contributed by atoms with Gasteiger partial charge < -0.3 is 29.8 Å². The number of carbonyl (C=O) groups excluding carboxylic acids is 1. The molecular formula is C23H27N5O4. The number of fused-ring (bicyclic) bond motifs is 2. The van der Waals surface area contributed by atoms with E-state index in [1.54, 1.807) is 20.1 Å². The molecular weight excluding hydrogens is 410 g/mol. The van der Waals surface area contributed by atoms with Crippen LogP contribution in [0.15, 0.2) is 34.9 Å². The highest BCUT2D eigenvalue weighted by Gasteiger charge is 2.35. The number of aromatic nitrogens is 2. The summed E-state index contributed by atoms with van der Waals surface area (Å²) in [6.07, 6.45) is 4.49. The van der Waals surface area contributed by atoms with Crippen LogP contribution in [0.4, 0.5) is 23.1 Å². The monoisotopic (exact) mass is 437 g/mol. The number of piperidine rings is 1. The molecule has 0 radical (unpaired) electrons. The number of nitrogens with one attached hydrogen (secondary N) is 2. The number of hydrogen-bond acceptors (Lipinski definition) is 8. The molecule has 2 aliphatic heterocycles. The molecule has 0 bridgehead atoms. The van der Waals surface area contributed by atoms with Gasteiger partial charge in [0.25, 0.3) is 5.91 Å². The van der Waals surface area contributed by atoms with Crippen LogP contribution in [0.1, 0.15) is 33.1 Å². The van der Waals surface area contributed by atoms with E-state index in [0.29, 0.717) is 28.9 Å². The highest BCUT2D eigenvalue weighted by molar-refractivity contribution is 6.00. The minimum atomic E-state index is -0.906. The summed E-state index contributed by atoms with van der Waals surface area (Å²) in [5.74, 6) is 2.19. The number of amides is 1. The molecule has 9 heteroatoms. The lowest BCUT2D eigenvalue weighted by atomic mass is 9.94. The summed E-state index contributed by atoms with van der Waals surface area (Å²) >= 11 is 0. The Morgan fingerprint density at radius 1 is 1.25 bits per heavy atom. The highest BCUT2D eigenvalue weighted by atomic mass is 16.5. The van der Waals surface area contributed by atoms with Crippen LogP contribution < -0.4 is 20.3 Å². The van der Waals surface area contributed by atoms with Crippen molar-refractivity contribution in [3.05, 3.63) is 30.5 Å². The van der Waals surface area contributed by atoms with Crippen LogP contribution in [0.5, 0.6) is 5.75 Å². The van der Waals surface area contributed by atoms with E-state index in [1.807, 2.05) is 24.3 Å². The van der Waals surface area contributed by atoms with Gasteiger partial charge in [-0.2, -0.15) is 4.98 Å². The first-order valence-electron chi connectivity index (χ1n) is 11.0. The van der Waals surface area contributed by atoms with Crippen molar-refractivity contribution in [3.63, 3.8) is 0 Å². The van der Waals surface area contributed by atoms with E-state index in [-0.39, 0.29) is 12.5 Å². The van der Waals surface area contributed by atoms with Gasteiger partial charge >= 0.3 is 0 Å². The molecule has 4 heterocycles. The lowest BCUT2D eigenvalue weighted by Crippen LogP contribution is -2.45. The first-order valence-corrected chi connectivity index (χ1v) is 11.0. The first kappa shape index (κ1) is 20.6. The van der Waals surface area contributed by atoms with E-state index in [9.17, 15) is 9.90 Å². The molecule has 0 aliphatic carbocycles. The van der Waals surface area contributed by atoms with E-state index in [1.165, 1.54) is 0 Å². The molecule has 1 saturated heterocycles. The van der Waals surface area contributed by atoms with Crippen LogP contribution in [0.3, 0.4) is 0 Å². The van der Waals surface area contributed by atoms with E-state index >= 15 is 0 Å². The summed E-state index contributed by atoms with van der Waals surface area (Å²) in [5.41, 5.74) is 1.84. The fourth-order valence-electron chi connectivity index (χ4n) is 4.25. The molecule has 1 amide bonds. The third kappa shape index (κ3) is 3.84. The van der Waals surface area contributed by atoms with Crippen molar-refractivity contribution in [2.45, 2.75) is 38.7 Å². The normalized spacial score (nSPS) is 18.2. The van der Waals surface area contributed by atoms with Crippen molar-refractivity contribution in [3.8, 4) is 5.75 Å². The standard InChI is InChI=1S/C23H27N5O4/c1-23(2)21(30)25-17-13-15(3-4-18(17)32-23)24-22-26-16-8-12-31-19(16)20(27-22)28-9-5-14(6-10-28)7-11-29/h3-4,8,12-14,29H,5-7,9-11H2,1-2H3,(H,25,30)(H,24,26,27). The molecule has 0 spiro atoms. The first-order chi connectivity index (χ1) is 15.4. The molecule has 9 nitrogen and oxygen atoms in total. The lowest BCUT2D eigenvalue weighted by molar-refractivity contribution is -0.129. The topological polar surface area (TPSA) is 113 Å². The third-order valence-corrected chi connectivity index (χ3v) is 6.13. The zero-order valence-corrected chi connectivity index (χ0v) is 18.2. The number of furan rings is 1. The number of carbonyl (C=O) groups is 1. The van der Waals surface area contributed by atoms with Crippen LogP contribution in [0.2, 0.25) is 0 Å². The van der Waals surface area contributed by atoms with E-state index in [4.69, 9.17) is 14.1 Å². The zero-order valence-electron chi connectivity index (χ0n) is 18.2. The number of hydrogen-bond donors (Lipinski definition) is 3. The van der Waals surface area contributed by atoms with Gasteiger partial charge in [-0.15, -0.1) is 0 Å². The molecule has 168 valence electrons. The largest absolute Gasteiger partial charge is 0.476 e. The fraction of sp³-hybridized carbons (Fsp3) is 0.435. The Morgan fingerprint density at radius 3 is 2.84 bits per heavy atom. The van der Waals surface area contributed by atoms with Crippen LogP contribution in [-0.4, -0.2) is 46.3 Å². The Bertz CT molecular complexity index is 1150. The zero-order chi connectivity index (χ0) is 22.3. The highest BCUT2D eigenvalue weighted by Crippen LogP contribution is 2.36. The van der Waals surface area contributed by atoms with E-state index in [0.717, 1.165) is 49.4 Å². The second kappa shape index (κ2) is 7.98. The second-order valence-corrected chi connectivity index (χ2v) is 8.85. The number of benzene rings is 1. The minimum Gasteiger partial charge on any atom is -0.476 e. The summed E-state index contributed by atoms with van der Waals surface area (Å²) in [4.78, 5) is 23.8. The lowest BCUT2D eigenvalue weighted by Gasteiger charge is -2.32. The van der Waals surface area contributed by atoms with Crippen molar-refractivity contribution < 1.29 is 19.1 Å². The Hall–Kier alpha value is -3.33. The van der Waals surface area contributed by atoms with Gasteiger partial charge in [-0.3, -0.25) is 4.79 Å². The fourth-order valence-corrected chi connectivity index (χ4v) is 4.25. The Labute approximate surface area is 185 Å². The number of rotatable bonds is 5. The van der Waals surface area contributed by atoms with Gasteiger partial charge in [-0.1, -0.05) is 0 Å². The molecule has 3 N–H and O–H groups in total. The molecule has 2 aliphatic rings. The van der Waals surface area contributed by atoms with Crippen molar-refractivity contribution in [1.29, 1.82) is 0 Å². The van der Waals surface area contributed by atoms with Crippen molar-refractivity contribution in [2.24, 2.45) is 5.92 Å². The molecule has 32 heavy (non-hydrogen) atoms. The average molecular weight is 438 g/mol. The van der Waals surface area contributed by atoms with Gasteiger partial charge in [0.05, 0.1) is 12.0 Å². The van der Waals surface area contributed by atoms with Crippen LogP contribution in [-0.2, 0) is 4.79 Å². The van der Waals surface area contributed by atoms with E-state index in [2.05, 4.69) is 20.5 Å². The summed E-state index contributed by atoms with van der Waals surface area (Å²) < 4.78 is 11.5. The predicted octanol–water partition coefficient (Wildman–Crippen LogP) is 3.67. The SMILES string of the molecule is CC1(C)Oc2ccc(Nc3nc(N4CCC(CCO)CC4)c4occc4n3)cc2NC1=O. The summed E-state index contributed by atoms with van der Waals surface area (Å²) in [6, 6.07) is 7.33. The van der Waals surface area contributed by atoms with Gasteiger partial charge in [0.1, 0.15) is 11.3 Å². The molecule has 3 aromatic rings. The van der Waals surface area contributed by atoms with Gasteiger partial charge in [-0.25, -0.2) is 4.98 Å². The number of aliphatic hydroxyl groups is 1. The van der Waals surface area contributed by atoms with Crippen LogP contribution >= 0.6 is 0 Å². The number of ether oxygens (including phenoxy) is 1. The molecule has 1 aromatic carbocycles. The van der Waals surface area contributed by atoms with Crippen molar-refractivity contribution in [2.75, 3.05) is 35.2 Å². The number of aliphatic hydroxyl groups excluding tert-OH is 1. The summed E-state index contributed by atoms with van der Waals surface area (Å²) in [5, 5.41) is 15.4. The van der Waals surface area contributed by atoms with Gasteiger partial charge in [0.2, 0.25) is 5.95 Å². The maximum atomic E-state index is 12.2. The smallest absolute Gasteiger partial charge is 0.268 e. The molecule has 0 saturated carbocycles. The van der Waals surface area contributed by atoms with E-state index < -0.39 is 5.60 Å².